The van der Waals surface area contributed by atoms with Crippen LogP contribution >= 0.6 is 0 Å². The minimum atomic E-state index is -1.42. The number of aliphatic imine (C=N–C) groups is 1. The molecule has 0 saturated heterocycles. The van der Waals surface area contributed by atoms with Crippen molar-refractivity contribution in [2.75, 3.05) is 0 Å². The number of ether oxygens (including phenoxy) is 1. The van der Waals surface area contributed by atoms with Gasteiger partial charge in [0.15, 0.2) is 0 Å². The van der Waals surface area contributed by atoms with Gasteiger partial charge in [-0.1, -0.05) is 25.8 Å². The number of benzene rings is 1. The molecular formula is C15H18N4O. The summed E-state index contributed by atoms with van der Waals surface area (Å²) in [5.41, 5.74) is 13.4. The predicted molar refractivity (Wildman–Crippen MR) is 79.9 cm³/mol. The van der Waals surface area contributed by atoms with Gasteiger partial charge < -0.3 is 15.8 Å². The summed E-state index contributed by atoms with van der Waals surface area (Å²) in [5, 5.41) is 2.83. The van der Waals surface area contributed by atoms with Crippen molar-refractivity contribution >= 4 is 5.84 Å². The first-order chi connectivity index (χ1) is 9.43. The van der Waals surface area contributed by atoms with Crippen LogP contribution in [0.4, 0.5) is 0 Å². The summed E-state index contributed by atoms with van der Waals surface area (Å²) in [6, 6.07) is 5.58. The molecular weight excluding hydrogens is 252 g/mol. The number of nitrogens with one attached hydrogen (secondary N) is 1. The first kappa shape index (κ1) is 14.0. The van der Waals surface area contributed by atoms with E-state index < -0.39 is 5.97 Å². The van der Waals surface area contributed by atoms with E-state index in [-0.39, 0.29) is 5.92 Å². The average molecular weight is 270 g/mol. The maximum Gasteiger partial charge on any atom is 0.342 e. The lowest BCUT2D eigenvalue weighted by Crippen LogP contribution is -2.57. The minimum Gasteiger partial charge on any atom is -0.436 e. The number of nitrogens with two attached hydrogens (primary N) is 2. The van der Waals surface area contributed by atoms with Crippen LogP contribution in [0.3, 0.4) is 0 Å². The van der Waals surface area contributed by atoms with E-state index in [0.29, 0.717) is 11.6 Å². The summed E-state index contributed by atoms with van der Waals surface area (Å²) in [7, 11) is 0. The second-order valence-electron chi connectivity index (χ2n) is 4.86. The molecule has 1 aliphatic rings. The van der Waals surface area contributed by atoms with E-state index >= 15 is 0 Å². The highest BCUT2D eigenvalue weighted by Crippen LogP contribution is 2.29. The van der Waals surface area contributed by atoms with E-state index in [2.05, 4.69) is 30.1 Å². The monoisotopic (exact) mass is 270 g/mol. The molecule has 1 aromatic carbocycles. The maximum absolute atomic E-state index is 6.04. The Morgan fingerprint density at radius 2 is 2.20 bits per heavy atom. The van der Waals surface area contributed by atoms with Crippen molar-refractivity contribution in [3.63, 3.8) is 0 Å². The second kappa shape index (κ2) is 5.27. The molecule has 0 fully saturated rings. The van der Waals surface area contributed by atoms with Crippen LogP contribution in [-0.2, 0) is 0 Å². The number of nitrogens with zero attached hydrogens (tertiary/aromatic N) is 1. The summed E-state index contributed by atoms with van der Waals surface area (Å²) in [4.78, 5) is 4.07. The highest BCUT2D eigenvalue weighted by atomic mass is 16.5. The SMILES string of the molecule is C#Cc1ccc(C(C)C)c(OC2(N)N=C(N)C=CN2)c1. The average Bonchev–Trinajstić information content (AvgIpc) is 2.37. The third-order valence-electron chi connectivity index (χ3n) is 2.91. The highest BCUT2D eigenvalue weighted by Gasteiger charge is 2.28. The fourth-order valence-corrected chi connectivity index (χ4v) is 1.92. The third kappa shape index (κ3) is 2.92. The summed E-state index contributed by atoms with van der Waals surface area (Å²) < 4.78 is 5.80. The lowest BCUT2D eigenvalue weighted by Gasteiger charge is -2.29. The molecule has 0 spiro atoms. The first-order valence-corrected chi connectivity index (χ1v) is 6.31. The molecule has 20 heavy (non-hydrogen) atoms. The van der Waals surface area contributed by atoms with Crippen molar-refractivity contribution in [2.45, 2.75) is 25.7 Å². The van der Waals surface area contributed by atoms with Crippen molar-refractivity contribution in [3.05, 3.63) is 41.6 Å². The Kier molecular flexibility index (Phi) is 3.68. The zero-order chi connectivity index (χ0) is 14.8. The van der Waals surface area contributed by atoms with Crippen LogP contribution in [0.1, 0.15) is 30.9 Å². The van der Waals surface area contributed by atoms with Crippen molar-refractivity contribution in [3.8, 4) is 18.1 Å². The summed E-state index contributed by atoms with van der Waals surface area (Å²) in [6.45, 7) is 4.12. The molecule has 0 bridgehead atoms. The van der Waals surface area contributed by atoms with Crippen LogP contribution < -0.4 is 21.5 Å². The van der Waals surface area contributed by atoms with Gasteiger partial charge in [-0.25, -0.2) is 0 Å². The van der Waals surface area contributed by atoms with Crippen molar-refractivity contribution in [1.29, 1.82) is 0 Å². The molecule has 0 saturated carbocycles. The van der Waals surface area contributed by atoms with E-state index in [4.69, 9.17) is 22.6 Å². The fraction of sp³-hybridized carbons (Fsp3) is 0.267. The Hall–Kier alpha value is -2.45. The zero-order valence-corrected chi connectivity index (χ0v) is 11.6. The Morgan fingerprint density at radius 3 is 2.80 bits per heavy atom. The number of amidine groups is 1. The van der Waals surface area contributed by atoms with Gasteiger partial charge in [0.2, 0.25) is 0 Å². The molecule has 5 nitrogen and oxygen atoms in total. The number of rotatable bonds is 3. The van der Waals surface area contributed by atoms with Gasteiger partial charge in [-0.15, -0.1) is 6.42 Å². The molecule has 5 heteroatoms. The van der Waals surface area contributed by atoms with Crippen molar-refractivity contribution < 1.29 is 4.74 Å². The van der Waals surface area contributed by atoms with E-state index in [0.717, 1.165) is 11.1 Å². The van der Waals surface area contributed by atoms with Crippen molar-refractivity contribution in [2.24, 2.45) is 16.5 Å². The molecule has 1 aromatic rings. The molecule has 1 atom stereocenters. The van der Waals surface area contributed by atoms with Gasteiger partial charge in [0.05, 0.1) is 0 Å². The first-order valence-electron chi connectivity index (χ1n) is 6.31. The third-order valence-corrected chi connectivity index (χ3v) is 2.91. The van der Waals surface area contributed by atoms with E-state index in [1.165, 1.54) is 0 Å². The molecule has 2 rings (SSSR count). The predicted octanol–water partition coefficient (Wildman–Crippen LogP) is 1.21. The largest absolute Gasteiger partial charge is 0.436 e. The van der Waals surface area contributed by atoms with E-state index in [9.17, 15) is 0 Å². The number of hydrogen-bond donors (Lipinski definition) is 3. The minimum absolute atomic E-state index is 0.265. The molecule has 1 aliphatic heterocycles. The summed E-state index contributed by atoms with van der Waals surface area (Å²) in [5.74, 6) is 2.31. The Bertz CT molecular complexity index is 613. The summed E-state index contributed by atoms with van der Waals surface area (Å²) >= 11 is 0. The molecule has 1 unspecified atom stereocenters. The van der Waals surface area contributed by atoms with Crippen LogP contribution in [0, 0.1) is 12.3 Å². The van der Waals surface area contributed by atoms with Crippen molar-refractivity contribution in [1.82, 2.24) is 5.32 Å². The van der Waals surface area contributed by atoms with Gasteiger partial charge >= 0.3 is 5.97 Å². The lowest BCUT2D eigenvalue weighted by atomic mass is 10.0. The van der Waals surface area contributed by atoms with E-state index in [1.807, 2.05) is 12.1 Å². The van der Waals surface area contributed by atoms with Gasteiger partial charge in [-0.05, 0) is 29.7 Å². The van der Waals surface area contributed by atoms with Crippen LogP contribution in [0.2, 0.25) is 0 Å². The Labute approximate surface area is 118 Å². The van der Waals surface area contributed by atoms with Gasteiger partial charge in [0.25, 0.3) is 0 Å². The molecule has 104 valence electrons. The normalized spacial score (nSPS) is 21.1. The maximum atomic E-state index is 6.04. The molecule has 0 radical (unpaired) electrons. The molecule has 0 aliphatic carbocycles. The smallest absolute Gasteiger partial charge is 0.342 e. The molecule has 1 heterocycles. The summed E-state index contributed by atoms with van der Waals surface area (Å²) in [6.07, 6.45) is 8.63. The topological polar surface area (TPSA) is 85.7 Å². The van der Waals surface area contributed by atoms with Gasteiger partial charge in [-0.2, -0.15) is 4.99 Å². The lowest BCUT2D eigenvalue weighted by molar-refractivity contribution is 0.0604. The number of terminal acetylenes is 1. The van der Waals surface area contributed by atoms with Gasteiger partial charge in [0, 0.05) is 11.8 Å². The zero-order valence-electron chi connectivity index (χ0n) is 11.6. The number of hydrogen-bond acceptors (Lipinski definition) is 5. The quantitative estimate of drug-likeness (QED) is 0.569. The highest BCUT2D eigenvalue weighted by molar-refractivity contribution is 5.92. The molecule has 5 N–H and O–H groups in total. The molecule has 0 amide bonds. The standard InChI is InChI=1S/C15H18N4O/c1-4-11-5-6-12(10(2)3)13(9-11)20-15(17)18-8-7-14(16)19-15/h1,5-10,18H,17H2,2-3H3,(H2,16,19). The fourth-order valence-electron chi connectivity index (χ4n) is 1.92. The molecule has 0 aromatic heterocycles. The van der Waals surface area contributed by atoms with Gasteiger partial charge in [0.1, 0.15) is 11.6 Å². The van der Waals surface area contributed by atoms with Crippen LogP contribution in [0.25, 0.3) is 0 Å². The van der Waals surface area contributed by atoms with Gasteiger partial charge in [-0.3, -0.25) is 5.73 Å². The van der Waals surface area contributed by atoms with Crippen LogP contribution in [0.5, 0.6) is 5.75 Å². The Morgan fingerprint density at radius 1 is 1.45 bits per heavy atom. The van der Waals surface area contributed by atoms with Crippen LogP contribution in [-0.4, -0.2) is 11.8 Å². The van der Waals surface area contributed by atoms with E-state index in [1.54, 1.807) is 18.3 Å². The van der Waals surface area contributed by atoms with Crippen LogP contribution in [0.15, 0.2) is 35.5 Å². The Balaban J connectivity index is 2.37. The second-order valence-corrected chi connectivity index (χ2v) is 4.86.